The van der Waals surface area contributed by atoms with E-state index in [4.69, 9.17) is 10.7 Å². The highest BCUT2D eigenvalue weighted by Crippen LogP contribution is 2.43. The van der Waals surface area contributed by atoms with E-state index in [1.165, 1.54) is 0 Å². The molecule has 3 aromatic heterocycles. The quantitative estimate of drug-likeness (QED) is 0.463. The van der Waals surface area contributed by atoms with Gasteiger partial charge in [0, 0.05) is 19.5 Å². The zero-order chi connectivity index (χ0) is 18.0. The molecule has 3 aromatic rings. The standard InChI is InChI=1S/C18H21N3OS3/c1-4-5-8-24-18-15(19)14-11(17(22)21(2)3)10-12(20-16(14)25-18)13-7-6-9-23-13/h6-7,9-10H,4-5,8,19H2,1-3H3. The van der Waals surface area contributed by atoms with Gasteiger partial charge in [-0.2, -0.15) is 0 Å². The maximum atomic E-state index is 12.7. The second-order valence-electron chi connectivity index (χ2n) is 5.92. The molecular formula is C18H21N3OS3. The molecule has 0 spiro atoms. The first-order chi connectivity index (χ1) is 12.0. The number of nitrogen functional groups attached to an aromatic ring is 1. The second kappa shape index (κ2) is 7.76. The second-order valence-corrected chi connectivity index (χ2v) is 9.23. The van der Waals surface area contributed by atoms with E-state index >= 15 is 0 Å². The van der Waals surface area contributed by atoms with Crippen LogP contribution in [0.2, 0.25) is 0 Å². The number of unbranched alkanes of at least 4 members (excludes halogenated alkanes) is 1. The number of nitrogens with two attached hydrogens (primary N) is 1. The van der Waals surface area contributed by atoms with E-state index in [0.717, 1.165) is 43.6 Å². The predicted molar refractivity (Wildman–Crippen MR) is 111 cm³/mol. The number of fused-ring (bicyclic) bond motifs is 1. The van der Waals surface area contributed by atoms with Crippen LogP contribution in [0.25, 0.3) is 20.8 Å². The SMILES string of the molecule is CCCCSc1sc2nc(-c3cccs3)cc(C(=O)N(C)C)c2c1N. The van der Waals surface area contributed by atoms with E-state index in [2.05, 4.69) is 6.92 Å². The van der Waals surface area contributed by atoms with Crippen LogP contribution < -0.4 is 5.73 Å². The zero-order valence-corrected chi connectivity index (χ0v) is 17.0. The Morgan fingerprint density at radius 2 is 2.20 bits per heavy atom. The van der Waals surface area contributed by atoms with Crippen LogP contribution in [0.3, 0.4) is 0 Å². The van der Waals surface area contributed by atoms with Crippen molar-refractivity contribution in [2.24, 2.45) is 0 Å². The van der Waals surface area contributed by atoms with Gasteiger partial charge in [0.2, 0.25) is 0 Å². The fourth-order valence-electron chi connectivity index (χ4n) is 2.48. The molecule has 0 radical (unpaired) electrons. The molecule has 0 unspecified atom stereocenters. The Labute approximate surface area is 160 Å². The van der Waals surface area contributed by atoms with Gasteiger partial charge in [-0.05, 0) is 29.7 Å². The van der Waals surface area contributed by atoms with Crippen LogP contribution in [0, 0.1) is 0 Å². The molecule has 1 amide bonds. The molecule has 0 aliphatic heterocycles. The third-order valence-electron chi connectivity index (χ3n) is 3.81. The number of amides is 1. The first kappa shape index (κ1) is 18.2. The van der Waals surface area contributed by atoms with Crippen molar-refractivity contribution in [3.8, 4) is 10.6 Å². The summed E-state index contributed by atoms with van der Waals surface area (Å²) in [4.78, 5) is 21.0. The van der Waals surface area contributed by atoms with Gasteiger partial charge in [0.05, 0.1) is 26.0 Å². The maximum absolute atomic E-state index is 12.7. The topological polar surface area (TPSA) is 59.2 Å². The third-order valence-corrected chi connectivity index (χ3v) is 7.17. The van der Waals surface area contributed by atoms with Gasteiger partial charge in [0.1, 0.15) is 4.83 Å². The number of pyridine rings is 1. The molecule has 0 aliphatic carbocycles. The van der Waals surface area contributed by atoms with E-state index in [9.17, 15) is 4.79 Å². The Kier molecular flexibility index (Phi) is 5.66. The summed E-state index contributed by atoms with van der Waals surface area (Å²) in [6.45, 7) is 2.18. The molecular weight excluding hydrogens is 370 g/mol. The first-order valence-electron chi connectivity index (χ1n) is 8.14. The van der Waals surface area contributed by atoms with E-state index in [1.807, 2.05) is 23.6 Å². The number of carbonyl (C=O) groups is 1. The van der Waals surface area contributed by atoms with E-state index in [0.29, 0.717) is 11.3 Å². The fraction of sp³-hybridized carbons (Fsp3) is 0.333. The minimum absolute atomic E-state index is 0.0418. The lowest BCUT2D eigenvalue weighted by Gasteiger charge is -2.12. The monoisotopic (exact) mass is 391 g/mol. The highest BCUT2D eigenvalue weighted by Gasteiger charge is 2.21. The normalized spacial score (nSPS) is 11.2. The van der Waals surface area contributed by atoms with Gasteiger partial charge in [0.25, 0.3) is 5.91 Å². The average molecular weight is 392 g/mol. The molecule has 0 saturated carbocycles. The molecule has 2 N–H and O–H groups in total. The molecule has 4 nitrogen and oxygen atoms in total. The van der Waals surface area contributed by atoms with Crippen LogP contribution >= 0.6 is 34.4 Å². The average Bonchev–Trinajstić information content (AvgIpc) is 3.22. The minimum Gasteiger partial charge on any atom is -0.397 e. The number of anilines is 1. The van der Waals surface area contributed by atoms with E-state index in [1.54, 1.807) is 53.4 Å². The largest absolute Gasteiger partial charge is 0.397 e. The summed E-state index contributed by atoms with van der Waals surface area (Å²) in [5.74, 6) is 0.988. The van der Waals surface area contributed by atoms with Crippen molar-refractivity contribution >= 4 is 56.2 Å². The van der Waals surface area contributed by atoms with Crippen molar-refractivity contribution in [3.05, 3.63) is 29.1 Å². The fourth-order valence-corrected chi connectivity index (χ4v) is 5.62. The lowest BCUT2D eigenvalue weighted by Crippen LogP contribution is -2.22. The van der Waals surface area contributed by atoms with Crippen LogP contribution in [-0.4, -0.2) is 35.6 Å². The molecule has 7 heteroatoms. The Bertz CT molecular complexity index is 885. The van der Waals surface area contributed by atoms with Gasteiger partial charge in [-0.3, -0.25) is 4.79 Å². The molecule has 0 aromatic carbocycles. The molecule has 0 fully saturated rings. The van der Waals surface area contributed by atoms with Gasteiger partial charge in [-0.25, -0.2) is 4.98 Å². The Morgan fingerprint density at radius 3 is 2.84 bits per heavy atom. The van der Waals surface area contributed by atoms with Gasteiger partial charge in [0.15, 0.2) is 0 Å². The smallest absolute Gasteiger partial charge is 0.254 e. The number of aromatic nitrogens is 1. The number of carbonyl (C=O) groups excluding carboxylic acids is 1. The molecule has 3 rings (SSSR count). The van der Waals surface area contributed by atoms with Crippen molar-refractivity contribution in [1.82, 2.24) is 9.88 Å². The summed E-state index contributed by atoms with van der Waals surface area (Å²) in [6, 6.07) is 5.89. The molecule has 132 valence electrons. The molecule has 0 atom stereocenters. The van der Waals surface area contributed by atoms with Crippen LogP contribution in [0.4, 0.5) is 5.69 Å². The summed E-state index contributed by atoms with van der Waals surface area (Å²) in [5.41, 5.74) is 8.57. The summed E-state index contributed by atoms with van der Waals surface area (Å²) < 4.78 is 1.06. The lowest BCUT2D eigenvalue weighted by atomic mass is 10.1. The molecule has 0 aliphatic rings. The van der Waals surface area contributed by atoms with Crippen molar-refractivity contribution in [2.45, 2.75) is 24.0 Å². The van der Waals surface area contributed by atoms with Crippen molar-refractivity contribution < 1.29 is 4.79 Å². The molecule has 0 saturated heterocycles. The van der Waals surface area contributed by atoms with E-state index in [-0.39, 0.29) is 5.91 Å². The molecule has 0 bridgehead atoms. The third kappa shape index (κ3) is 3.68. The summed E-state index contributed by atoms with van der Waals surface area (Å²) in [6.07, 6.45) is 2.30. The van der Waals surface area contributed by atoms with Gasteiger partial charge in [-0.15, -0.1) is 34.4 Å². The minimum atomic E-state index is -0.0418. The molecule has 25 heavy (non-hydrogen) atoms. The van der Waals surface area contributed by atoms with Crippen molar-refractivity contribution in [3.63, 3.8) is 0 Å². The van der Waals surface area contributed by atoms with Crippen LogP contribution in [0.1, 0.15) is 30.1 Å². The first-order valence-corrected chi connectivity index (χ1v) is 10.8. The van der Waals surface area contributed by atoms with Crippen LogP contribution in [0.15, 0.2) is 27.8 Å². The number of hydrogen-bond acceptors (Lipinski definition) is 6. The Morgan fingerprint density at radius 1 is 1.40 bits per heavy atom. The molecule has 3 heterocycles. The predicted octanol–water partition coefficient (Wildman–Crippen LogP) is 5.20. The highest BCUT2D eigenvalue weighted by atomic mass is 32.2. The van der Waals surface area contributed by atoms with Crippen LogP contribution in [-0.2, 0) is 0 Å². The number of hydrogen-bond donors (Lipinski definition) is 1. The van der Waals surface area contributed by atoms with Crippen LogP contribution in [0.5, 0.6) is 0 Å². The van der Waals surface area contributed by atoms with Gasteiger partial charge < -0.3 is 10.6 Å². The Balaban J connectivity index is 2.16. The number of thiophene rings is 2. The maximum Gasteiger partial charge on any atom is 0.254 e. The number of thioether (sulfide) groups is 1. The summed E-state index contributed by atoms with van der Waals surface area (Å²) >= 11 is 4.97. The van der Waals surface area contributed by atoms with E-state index < -0.39 is 0 Å². The lowest BCUT2D eigenvalue weighted by molar-refractivity contribution is 0.0829. The van der Waals surface area contributed by atoms with Crippen molar-refractivity contribution in [2.75, 3.05) is 25.6 Å². The van der Waals surface area contributed by atoms with Crippen molar-refractivity contribution in [1.29, 1.82) is 0 Å². The van der Waals surface area contributed by atoms with Gasteiger partial charge >= 0.3 is 0 Å². The summed E-state index contributed by atoms with van der Waals surface area (Å²) in [5, 5.41) is 2.81. The number of nitrogens with zero attached hydrogens (tertiary/aromatic N) is 2. The van der Waals surface area contributed by atoms with Gasteiger partial charge in [-0.1, -0.05) is 19.4 Å². The summed E-state index contributed by atoms with van der Waals surface area (Å²) in [7, 11) is 3.53. The zero-order valence-electron chi connectivity index (χ0n) is 14.5. The highest BCUT2D eigenvalue weighted by molar-refractivity contribution is 8.01. The number of rotatable bonds is 6. The Hall–Kier alpha value is -1.57.